The zero-order valence-corrected chi connectivity index (χ0v) is 15.4. The number of guanidine groups is 1. The van der Waals surface area contributed by atoms with Crippen LogP contribution in [0.3, 0.4) is 0 Å². The summed E-state index contributed by atoms with van der Waals surface area (Å²) in [7, 11) is 2.84. The molecule has 0 spiro atoms. The van der Waals surface area contributed by atoms with Crippen LogP contribution < -0.4 is 16.0 Å². The molecule has 2 aromatic rings. The Labute approximate surface area is 157 Å². The Hall–Kier alpha value is -2.82. The Morgan fingerprint density at radius 1 is 1.22 bits per heavy atom. The van der Waals surface area contributed by atoms with Crippen molar-refractivity contribution in [2.45, 2.75) is 19.3 Å². The van der Waals surface area contributed by atoms with E-state index >= 15 is 0 Å². The van der Waals surface area contributed by atoms with Crippen molar-refractivity contribution in [1.82, 2.24) is 15.6 Å². The van der Waals surface area contributed by atoms with E-state index < -0.39 is 18.0 Å². The third-order valence-corrected chi connectivity index (χ3v) is 4.17. The van der Waals surface area contributed by atoms with Crippen LogP contribution >= 0.6 is 11.3 Å². The van der Waals surface area contributed by atoms with Gasteiger partial charge in [-0.1, -0.05) is 12.1 Å². The molecule has 0 aliphatic rings. The van der Waals surface area contributed by atoms with Crippen molar-refractivity contribution in [3.8, 4) is 0 Å². The highest BCUT2D eigenvalue weighted by atomic mass is 32.1. The van der Waals surface area contributed by atoms with Crippen LogP contribution in [0, 0.1) is 0 Å². The van der Waals surface area contributed by atoms with E-state index in [9.17, 15) is 18.0 Å². The van der Waals surface area contributed by atoms with Gasteiger partial charge >= 0.3 is 12.3 Å². The lowest BCUT2D eigenvalue weighted by molar-refractivity contribution is -0.140. The van der Waals surface area contributed by atoms with Crippen molar-refractivity contribution in [2.24, 2.45) is 4.99 Å². The number of aliphatic imine (C=N–C) groups is 1. The van der Waals surface area contributed by atoms with Crippen LogP contribution in [0.2, 0.25) is 0 Å². The number of benzene rings is 1. The Balaban J connectivity index is 1.83. The number of amides is 1. The van der Waals surface area contributed by atoms with Gasteiger partial charge in [0.15, 0.2) is 11.7 Å². The van der Waals surface area contributed by atoms with Gasteiger partial charge in [-0.25, -0.2) is 9.78 Å². The number of thiazole rings is 1. The fourth-order valence-electron chi connectivity index (χ4n) is 1.96. The van der Waals surface area contributed by atoms with E-state index in [4.69, 9.17) is 0 Å². The predicted octanol–water partition coefficient (Wildman–Crippen LogP) is 3.21. The Morgan fingerprint density at radius 3 is 2.44 bits per heavy atom. The van der Waals surface area contributed by atoms with Gasteiger partial charge in [0.05, 0.1) is 13.7 Å². The largest absolute Gasteiger partial charge is 0.453 e. The van der Waals surface area contributed by atoms with E-state index in [0.717, 1.165) is 22.3 Å². The normalized spacial score (nSPS) is 11.8. The molecule has 1 aromatic carbocycles. The first kappa shape index (κ1) is 20.5. The Bertz CT molecular complexity index is 790. The number of nitrogens with zero attached hydrogens (tertiary/aromatic N) is 2. The lowest BCUT2D eigenvalue weighted by Crippen LogP contribution is -2.36. The summed E-state index contributed by atoms with van der Waals surface area (Å²) in [4.78, 5) is 18.7. The van der Waals surface area contributed by atoms with Gasteiger partial charge in [0, 0.05) is 24.7 Å². The lowest BCUT2D eigenvalue weighted by Gasteiger charge is -2.11. The van der Waals surface area contributed by atoms with E-state index in [1.807, 2.05) is 12.1 Å². The van der Waals surface area contributed by atoms with E-state index in [-0.39, 0.29) is 6.54 Å². The molecular weight excluding hydrogens is 383 g/mol. The maximum absolute atomic E-state index is 12.6. The second-order valence-corrected chi connectivity index (χ2v) is 6.16. The summed E-state index contributed by atoms with van der Waals surface area (Å²) in [6.45, 7) is 0.562. The number of aromatic nitrogens is 1. The number of methoxy groups -OCH3 is 1. The number of rotatable bonds is 5. The average Bonchev–Trinajstić information content (AvgIpc) is 3.12. The summed E-state index contributed by atoms with van der Waals surface area (Å²) < 4.78 is 42.2. The summed E-state index contributed by atoms with van der Waals surface area (Å²) >= 11 is 0.930. The number of hydrogen-bond acceptors (Lipinski definition) is 5. The number of alkyl halides is 3. The highest BCUT2D eigenvalue weighted by Crippen LogP contribution is 2.29. The maximum atomic E-state index is 12.6. The molecule has 0 unspecified atom stereocenters. The van der Waals surface area contributed by atoms with Crippen molar-refractivity contribution in [3.05, 3.63) is 45.9 Å². The molecule has 146 valence electrons. The molecule has 0 aliphatic heterocycles. The van der Waals surface area contributed by atoms with Crippen molar-refractivity contribution in [3.63, 3.8) is 0 Å². The third kappa shape index (κ3) is 6.44. The average molecular weight is 401 g/mol. The molecule has 3 N–H and O–H groups in total. The van der Waals surface area contributed by atoms with E-state index in [1.54, 1.807) is 19.2 Å². The number of hydrogen-bond donors (Lipinski definition) is 3. The summed E-state index contributed by atoms with van der Waals surface area (Å²) in [6.07, 6.45) is -5.00. The lowest BCUT2D eigenvalue weighted by atomic mass is 10.2. The van der Waals surface area contributed by atoms with Crippen LogP contribution in [0.15, 0.2) is 34.6 Å². The Kier molecular flexibility index (Phi) is 6.99. The fourth-order valence-corrected chi connectivity index (χ4v) is 2.70. The zero-order valence-electron chi connectivity index (χ0n) is 14.6. The van der Waals surface area contributed by atoms with Crippen molar-refractivity contribution in [1.29, 1.82) is 0 Å². The molecule has 0 bridgehead atoms. The molecule has 0 aliphatic carbocycles. The Morgan fingerprint density at radius 2 is 1.89 bits per heavy atom. The van der Waals surface area contributed by atoms with Gasteiger partial charge in [0.2, 0.25) is 0 Å². The van der Waals surface area contributed by atoms with Gasteiger partial charge in [0.1, 0.15) is 5.01 Å². The van der Waals surface area contributed by atoms with Crippen LogP contribution in [0.4, 0.5) is 23.7 Å². The number of carbonyl (C=O) groups is 1. The van der Waals surface area contributed by atoms with Crippen LogP contribution in [-0.2, 0) is 24.0 Å². The summed E-state index contributed by atoms with van der Waals surface area (Å²) in [5.74, 6) is 0.426. The molecule has 0 saturated heterocycles. The highest BCUT2D eigenvalue weighted by Gasteiger charge is 2.33. The van der Waals surface area contributed by atoms with E-state index in [0.29, 0.717) is 23.2 Å². The van der Waals surface area contributed by atoms with Crippen LogP contribution in [-0.4, -0.2) is 31.2 Å². The highest BCUT2D eigenvalue weighted by molar-refractivity contribution is 7.09. The molecule has 0 fully saturated rings. The SMILES string of the molecule is CN=C(NCc1ccc(NC(=O)OC)cc1)NCc1nc(C(F)(F)F)cs1. The number of ether oxygens (including phenoxy) is 1. The quantitative estimate of drug-likeness (QED) is 0.529. The molecule has 1 amide bonds. The van der Waals surface area contributed by atoms with Crippen molar-refractivity contribution < 1.29 is 22.7 Å². The number of halogens is 3. The van der Waals surface area contributed by atoms with Crippen LogP contribution in [0.5, 0.6) is 0 Å². The molecule has 0 atom stereocenters. The number of anilines is 1. The van der Waals surface area contributed by atoms with Gasteiger partial charge in [-0.2, -0.15) is 13.2 Å². The minimum atomic E-state index is -4.44. The molecule has 0 saturated carbocycles. The molecule has 2 rings (SSSR count). The summed E-state index contributed by atoms with van der Waals surface area (Å²) in [6, 6.07) is 7.06. The van der Waals surface area contributed by atoms with Gasteiger partial charge in [-0.05, 0) is 17.7 Å². The molecule has 0 radical (unpaired) electrons. The second-order valence-electron chi connectivity index (χ2n) is 5.22. The van der Waals surface area contributed by atoms with Crippen molar-refractivity contribution in [2.75, 3.05) is 19.5 Å². The smallest absolute Gasteiger partial charge is 0.434 e. The van der Waals surface area contributed by atoms with Gasteiger partial charge < -0.3 is 15.4 Å². The van der Waals surface area contributed by atoms with Gasteiger partial charge in [-0.15, -0.1) is 11.3 Å². The summed E-state index contributed by atoms with van der Waals surface area (Å²) in [5.41, 5.74) is 0.618. The van der Waals surface area contributed by atoms with Gasteiger partial charge in [0.25, 0.3) is 0 Å². The van der Waals surface area contributed by atoms with Crippen LogP contribution in [0.1, 0.15) is 16.3 Å². The molecule has 11 heteroatoms. The second kappa shape index (κ2) is 9.21. The standard InChI is InChI=1S/C16H18F3N5O2S/c1-20-14(22-8-13-24-12(9-27-13)16(17,18)19)21-7-10-3-5-11(6-4-10)23-15(25)26-2/h3-6,9H,7-8H2,1-2H3,(H,23,25)(H2,20,21,22). The van der Waals surface area contributed by atoms with E-state index in [2.05, 4.69) is 30.7 Å². The maximum Gasteiger partial charge on any atom is 0.434 e. The first-order valence-corrected chi connectivity index (χ1v) is 8.60. The van der Waals surface area contributed by atoms with E-state index in [1.165, 1.54) is 7.11 Å². The predicted molar refractivity (Wildman–Crippen MR) is 96.6 cm³/mol. The number of nitrogens with one attached hydrogen (secondary N) is 3. The minimum Gasteiger partial charge on any atom is -0.453 e. The molecule has 7 nitrogen and oxygen atoms in total. The minimum absolute atomic E-state index is 0.127. The van der Waals surface area contributed by atoms with Crippen LogP contribution in [0.25, 0.3) is 0 Å². The zero-order chi connectivity index (χ0) is 19.9. The number of carbonyl (C=O) groups excluding carboxylic acids is 1. The topological polar surface area (TPSA) is 87.6 Å². The van der Waals surface area contributed by atoms with Crippen molar-refractivity contribution >= 4 is 29.1 Å². The molecule has 1 heterocycles. The van der Waals surface area contributed by atoms with Gasteiger partial charge in [-0.3, -0.25) is 10.3 Å². The third-order valence-electron chi connectivity index (χ3n) is 3.32. The first-order chi connectivity index (χ1) is 12.8. The fraction of sp³-hybridized carbons (Fsp3) is 0.312. The molecule has 27 heavy (non-hydrogen) atoms. The molecular formula is C16H18F3N5O2S. The first-order valence-electron chi connectivity index (χ1n) is 7.72. The summed E-state index contributed by atoms with van der Waals surface area (Å²) in [5, 5.41) is 9.79. The molecule has 1 aromatic heterocycles. The monoisotopic (exact) mass is 401 g/mol.